The van der Waals surface area contributed by atoms with Crippen molar-refractivity contribution >= 4 is 17.5 Å². The standard InChI is InChI=1S/C21H25N3O2/c1-14-6-7-16(3)19(9-14)23-20(25)17-10-18(12-22-11-17)21(26)24-8-4-5-15(2)13-24/h6-7,9-12,15H,4-5,8,13H2,1-3H3,(H,23,25). The minimum absolute atomic E-state index is 0.0505. The van der Waals surface area contributed by atoms with Crippen molar-refractivity contribution in [1.82, 2.24) is 9.88 Å². The summed E-state index contributed by atoms with van der Waals surface area (Å²) >= 11 is 0. The Bertz CT molecular complexity index is 832. The number of anilines is 1. The van der Waals surface area contributed by atoms with Crippen LogP contribution in [0.4, 0.5) is 5.69 Å². The molecule has 1 unspecified atom stereocenters. The zero-order chi connectivity index (χ0) is 18.7. The number of nitrogens with zero attached hydrogens (tertiary/aromatic N) is 2. The smallest absolute Gasteiger partial charge is 0.257 e. The molecule has 5 nitrogen and oxygen atoms in total. The van der Waals surface area contributed by atoms with Crippen LogP contribution in [0.25, 0.3) is 0 Å². The van der Waals surface area contributed by atoms with Gasteiger partial charge in [0.15, 0.2) is 0 Å². The fourth-order valence-corrected chi connectivity index (χ4v) is 3.30. The molecule has 3 rings (SSSR count). The Balaban J connectivity index is 1.77. The lowest BCUT2D eigenvalue weighted by Gasteiger charge is -2.31. The number of benzene rings is 1. The predicted molar refractivity (Wildman–Crippen MR) is 102 cm³/mol. The molecule has 2 amide bonds. The number of carbonyl (C=O) groups excluding carboxylic acids is 2. The van der Waals surface area contributed by atoms with Gasteiger partial charge in [0.05, 0.1) is 11.1 Å². The molecule has 1 saturated heterocycles. The maximum Gasteiger partial charge on any atom is 0.257 e. The van der Waals surface area contributed by atoms with E-state index < -0.39 is 0 Å². The lowest BCUT2D eigenvalue weighted by molar-refractivity contribution is 0.0682. The van der Waals surface area contributed by atoms with Crippen LogP contribution in [0, 0.1) is 19.8 Å². The van der Waals surface area contributed by atoms with Gasteiger partial charge in [0.25, 0.3) is 11.8 Å². The molecule has 2 aromatic rings. The second-order valence-corrected chi connectivity index (χ2v) is 7.23. The number of nitrogens with one attached hydrogen (secondary N) is 1. The molecule has 2 heterocycles. The number of hydrogen-bond donors (Lipinski definition) is 1. The van der Waals surface area contributed by atoms with E-state index in [0.717, 1.165) is 42.7 Å². The first-order chi connectivity index (χ1) is 12.4. The maximum absolute atomic E-state index is 12.7. The summed E-state index contributed by atoms with van der Waals surface area (Å²) in [5, 5.41) is 2.92. The largest absolute Gasteiger partial charge is 0.338 e. The van der Waals surface area contributed by atoms with E-state index >= 15 is 0 Å². The summed E-state index contributed by atoms with van der Waals surface area (Å²) in [6.45, 7) is 7.62. The van der Waals surface area contributed by atoms with Crippen molar-refractivity contribution in [3.05, 3.63) is 58.9 Å². The summed E-state index contributed by atoms with van der Waals surface area (Å²) in [4.78, 5) is 31.3. The van der Waals surface area contributed by atoms with Gasteiger partial charge in [-0.1, -0.05) is 19.1 Å². The van der Waals surface area contributed by atoms with E-state index in [-0.39, 0.29) is 11.8 Å². The van der Waals surface area contributed by atoms with Crippen LogP contribution in [0.2, 0.25) is 0 Å². The van der Waals surface area contributed by atoms with Crippen molar-refractivity contribution in [2.75, 3.05) is 18.4 Å². The van der Waals surface area contributed by atoms with Crippen molar-refractivity contribution in [3.8, 4) is 0 Å². The van der Waals surface area contributed by atoms with Gasteiger partial charge in [-0.3, -0.25) is 14.6 Å². The molecule has 1 atom stereocenters. The number of amides is 2. The van der Waals surface area contributed by atoms with Gasteiger partial charge in [-0.25, -0.2) is 0 Å². The van der Waals surface area contributed by atoms with E-state index in [1.54, 1.807) is 6.07 Å². The molecule has 1 aromatic heterocycles. The summed E-state index contributed by atoms with van der Waals surface area (Å²) < 4.78 is 0. The summed E-state index contributed by atoms with van der Waals surface area (Å²) in [6, 6.07) is 7.55. The third kappa shape index (κ3) is 4.10. The van der Waals surface area contributed by atoms with Crippen LogP contribution in [0.5, 0.6) is 0 Å². The number of aromatic nitrogens is 1. The first-order valence-electron chi connectivity index (χ1n) is 9.07. The van der Waals surface area contributed by atoms with Gasteiger partial charge in [0.2, 0.25) is 0 Å². The lowest BCUT2D eigenvalue weighted by Crippen LogP contribution is -2.39. The minimum atomic E-state index is -0.257. The van der Waals surface area contributed by atoms with E-state index in [1.807, 2.05) is 36.9 Å². The molecule has 0 bridgehead atoms. The highest BCUT2D eigenvalue weighted by atomic mass is 16.2. The van der Waals surface area contributed by atoms with E-state index in [1.165, 1.54) is 12.4 Å². The van der Waals surface area contributed by atoms with Gasteiger partial charge < -0.3 is 10.2 Å². The third-order valence-corrected chi connectivity index (χ3v) is 4.83. The second-order valence-electron chi connectivity index (χ2n) is 7.23. The normalized spacial score (nSPS) is 17.0. The molecule has 1 aliphatic rings. The van der Waals surface area contributed by atoms with Crippen molar-refractivity contribution < 1.29 is 9.59 Å². The summed E-state index contributed by atoms with van der Waals surface area (Å²) in [7, 11) is 0. The topological polar surface area (TPSA) is 62.3 Å². The van der Waals surface area contributed by atoms with Crippen molar-refractivity contribution in [1.29, 1.82) is 0 Å². The van der Waals surface area contributed by atoms with Gasteiger partial charge >= 0.3 is 0 Å². The molecule has 5 heteroatoms. The monoisotopic (exact) mass is 351 g/mol. The summed E-state index contributed by atoms with van der Waals surface area (Å²) in [5.74, 6) is 0.203. The fourth-order valence-electron chi connectivity index (χ4n) is 3.30. The second kappa shape index (κ2) is 7.68. The average Bonchev–Trinajstić information content (AvgIpc) is 2.64. The van der Waals surface area contributed by atoms with Crippen molar-refractivity contribution in [3.63, 3.8) is 0 Å². The molecular formula is C21H25N3O2. The van der Waals surface area contributed by atoms with Crippen LogP contribution in [0.15, 0.2) is 36.7 Å². The zero-order valence-corrected chi connectivity index (χ0v) is 15.6. The number of rotatable bonds is 3. The Morgan fingerprint density at radius 1 is 1.15 bits per heavy atom. The average molecular weight is 351 g/mol. The van der Waals surface area contributed by atoms with Gasteiger partial charge in [-0.2, -0.15) is 0 Å². The highest BCUT2D eigenvalue weighted by Crippen LogP contribution is 2.20. The van der Waals surface area contributed by atoms with Crippen LogP contribution >= 0.6 is 0 Å². The molecule has 0 aliphatic carbocycles. The molecule has 1 N–H and O–H groups in total. The number of hydrogen-bond acceptors (Lipinski definition) is 3. The number of carbonyl (C=O) groups is 2. The van der Waals surface area contributed by atoms with E-state index in [2.05, 4.69) is 17.2 Å². The molecule has 26 heavy (non-hydrogen) atoms. The minimum Gasteiger partial charge on any atom is -0.338 e. The first kappa shape index (κ1) is 18.1. The van der Waals surface area contributed by atoms with Crippen LogP contribution in [0.1, 0.15) is 51.6 Å². The number of likely N-dealkylation sites (tertiary alicyclic amines) is 1. The van der Waals surface area contributed by atoms with E-state index in [9.17, 15) is 9.59 Å². The van der Waals surface area contributed by atoms with Gasteiger partial charge in [-0.15, -0.1) is 0 Å². The Morgan fingerprint density at radius 2 is 1.92 bits per heavy atom. The van der Waals surface area contributed by atoms with Crippen LogP contribution in [0.3, 0.4) is 0 Å². The Kier molecular flexibility index (Phi) is 5.35. The molecule has 1 fully saturated rings. The highest BCUT2D eigenvalue weighted by Gasteiger charge is 2.23. The molecule has 0 saturated carbocycles. The molecule has 0 spiro atoms. The third-order valence-electron chi connectivity index (χ3n) is 4.83. The van der Waals surface area contributed by atoms with E-state index in [4.69, 9.17) is 0 Å². The zero-order valence-electron chi connectivity index (χ0n) is 15.6. The molecule has 0 radical (unpaired) electrons. The Hall–Kier alpha value is -2.69. The molecule has 1 aromatic carbocycles. The fraction of sp³-hybridized carbons (Fsp3) is 0.381. The van der Waals surface area contributed by atoms with Gasteiger partial charge in [0, 0.05) is 31.2 Å². The highest BCUT2D eigenvalue weighted by molar-refractivity contribution is 6.06. The maximum atomic E-state index is 12.7. The predicted octanol–water partition coefficient (Wildman–Crippen LogP) is 3.82. The van der Waals surface area contributed by atoms with E-state index in [0.29, 0.717) is 17.0 Å². The Labute approximate surface area is 154 Å². The number of pyridine rings is 1. The molecular weight excluding hydrogens is 326 g/mol. The van der Waals surface area contributed by atoms with Crippen molar-refractivity contribution in [2.24, 2.45) is 5.92 Å². The SMILES string of the molecule is Cc1ccc(C)c(NC(=O)c2cncc(C(=O)N3CCCC(C)C3)c2)c1. The molecule has 136 valence electrons. The van der Waals surface area contributed by atoms with Crippen LogP contribution in [-0.4, -0.2) is 34.8 Å². The summed E-state index contributed by atoms with van der Waals surface area (Å²) in [6.07, 6.45) is 5.21. The van der Waals surface area contributed by atoms with Gasteiger partial charge in [-0.05, 0) is 55.9 Å². The quantitative estimate of drug-likeness (QED) is 0.914. The van der Waals surface area contributed by atoms with Gasteiger partial charge in [0.1, 0.15) is 0 Å². The molecule has 1 aliphatic heterocycles. The number of piperidine rings is 1. The van der Waals surface area contributed by atoms with Crippen LogP contribution in [-0.2, 0) is 0 Å². The van der Waals surface area contributed by atoms with Crippen molar-refractivity contribution in [2.45, 2.75) is 33.6 Å². The summed E-state index contributed by atoms with van der Waals surface area (Å²) in [5.41, 5.74) is 3.70. The van der Waals surface area contributed by atoms with Crippen LogP contribution < -0.4 is 5.32 Å². The lowest BCUT2D eigenvalue weighted by atomic mass is 9.99. The number of aryl methyl sites for hydroxylation is 2. The Morgan fingerprint density at radius 3 is 2.69 bits per heavy atom. The first-order valence-corrected chi connectivity index (χ1v) is 9.07.